The summed E-state index contributed by atoms with van der Waals surface area (Å²) < 4.78 is 5.59. The summed E-state index contributed by atoms with van der Waals surface area (Å²) in [6, 6.07) is 0. The third-order valence-corrected chi connectivity index (χ3v) is 3.65. The van der Waals surface area contributed by atoms with E-state index in [2.05, 4.69) is 6.92 Å². The van der Waals surface area contributed by atoms with Crippen molar-refractivity contribution in [1.29, 1.82) is 0 Å². The fraction of sp³-hybridized carbons (Fsp3) is 1.00. The number of hydrogen-bond acceptors (Lipinski definition) is 2. The molecular formula is C14H28O2. The van der Waals surface area contributed by atoms with E-state index >= 15 is 0 Å². The summed E-state index contributed by atoms with van der Waals surface area (Å²) in [5.74, 6) is 0.832. The Labute approximate surface area is 100 Å². The molecule has 2 heteroatoms. The van der Waals surface area contributed by atoms with Crippen LogP contribution in [0.4, 0.5) is 0 Å². The molecule has 0 bridgehead atoms. The third kappa shape index (κ3) is 4.84. The molecule has 0 heterocycles. The van der Waals surface area contributed by atoms with Crippen LogP contribution in [-0.2, 0) is 4.74 Å². The van der Waals surface area contributed by atoms with Crippen molar-refractivity contribution in [3.8, 4) is 0 Å². The zero-order chi connectivity index (χ0) is 12.0. The second-order valence-electron chi connectivity index (χ2n) is 5.67. The minimum absolute atomic E-state index is 0.221. The van der Waals surface area contributed by atoms with Crippen molar-refractivity contribution >= 4 is 0 Å². The smallest absolute Gasteiger partial charge is 0.0880 e. The SMILES string of the molecule is CCCC1CCCC(O)(COC(C)C)CC1. The van der Waals surface area contributed by atoms with Gasteiger partial charge in [-0.25, -0.2) is 0 Å². The van der Waals surface area contributed by atoms with Crippen molar-refractivity contribution in [2.45, 2.75) is 77.4 Å². The lowest BCUT2D eigenvalue weighted by atomic mass is 9.93. The Kier molecular flexibility index (Phi) is 5.77. The first-order valence-electron chi connectivity index (χ1n) is 6.90. The average molecular weight is 228 g/mol. The van der Waals surface area contributed by atoms with Crippen molar-refractivity contribution in [3.63, 3.8) is 0 Å². The largest absolute Gasteiger partial charge is 0.387 e. The highest BCUT2D eigenvalue weighted by molar-refractivity contribution is 4.83. The summed E-state index contributed by atoms with van der Waals surface area (Å²) in [6.07, 6.45) is 8.27. The van der Waals surface area contributed by atoms with Crippen LogP contribution in [-0.4, -0.2) is 23.4 Å². The van der Waals surface area contributed by atoms with E-state index in [1.807, 2.05) is 13.8 Å². The number of ether oxygens (including phenoxy) is 1. The van der Waals surface area contributed by atoms with E-state index in [0.29, 0.717) is 6.61 Å². The molecule has 1 aliphatic carbocycles. The first-order valence-corrected chi connectivity index (χ1v) is 6.90. The highest BCUT2D eigenvalue weighted by atomic mass is 16.5. The highest BCUT2D eigenvalue weighted by Crippen LogP contribution is 2.32. The van der Waals surface area contributed by atoms with Crippen LogP contribution in [0.25, 0.3) is 0 Å². The van der Waals surface area contributed by atoms with Crippen molar-refractivity contribution < 1.29 is 9.84 Å². The van der Waals surface area contributed by atoms with Crippen LogP contribution < -0.4 is 0 Å². The predicted octanol–water partition coefficient (Wildman–Crippen LogP) is 3.52. The second kappa shape index (κ2) is 6.61. The predicted molar refractivity (Wildman–Crippen MR) is 67.5 cm³/mol. The molecule has 2 unspecified atom stereocenters. The van der Waals surface area contributed by atoms with Gasteiger partial charge >= 0.3 is 0 Å². The van der Waals surface area contributed by atoms with Gasteiger partial charge in [0, 0.05) is 0 Å². The average Bonchev–Trinajstić information content (AvgIpc) is 2.40. The number of hydrogen-bond donors (Lipinski definition) is 1. The first-order chi connectivity index (χ1) is 7.56. The van der Waals surface area contributed by atoms with Crippen LogP contribution in [0.1, 0.15) is 65.7 Å². The lowest BCUT2D eigenvalue weighted by Crippen LogP contribution is -2.35. The maximum atomic E-state index is 10.5. The summed E-state index contributed by atoms with van der Waals surface area (Å²) in [7, 11) is 0. The van der Waals surface area contributed by atoms with Crippen LogP contribution >= 0.6 is 0 Å². The van der Waals surface area contributed by atoms with Crippen molar-refractivity contribution in [3.05, 3.63) is 0 Å². The van der Waals surface area contributed by atoms with E-state index in [4.69, 9.17) is 4.74 Å². The fourth-order valence-electron chi connectivity index (χ4n) is 2.62. The maximum Gasteiger partial charge on any atom is 0.0880 e. The van der Waals surface area contributed by atoms with Crippen LogP contribution in [0.15, 0.2) is 0 Å². The topological polar surface area (TPSA) is 29.5 Å². The van der Waals surface area contributed by atoms with Gasteiger partial charge in [0.25, 0.3) is 0 Å². The quantitative estimate of drug-likeness (QED) is 0.729. The van der Waals surface area contributed by atoms with Gasteiger partial charge in [-0.2, -0.15) is 0 Å². The van der Waals surface area contributed by atoms with Gasteiger partial charge in [0.1, 0.15) is 0 Å². The van der Waals surface area contributed by atoms with Gasteiger partial charge in [-0.3, -0.25) is 0 Å². The molecule has 1 saturated carbocycles. The Hall–Kier alpha value is -0.0800. The third-order valence-electron chi connectivity index (χ3n) is 3.65. The summed E-state index contributed by atoms with van der Waals surface area (Å²) >= 11 is 0. The van der Waals surface area contributed by atoms with E-state index in [1.54, 1.807) is 0 Å². The van der Waals surface area contributed by atoms with E-state index < -0.39 is 5.60 Å². The Morgan fingerprint density at radius 2 is 2.06 bits per heavy atom. The molecule has 1 rings (SSSR count). The highest BCUT2D eigenvalue weighted by Gasteiger charge is 2.31. The van der Waals surface area contributed by atoms with Gasteiger partial charge in [0.15, 0.2) is 0 Å². The molecule has 0 aromatic rings. The molecule has 96 valence electrons. The van der Waals surface area contributed by atoms with Gasteiger partial charge in [0.2, 0.25) is 0 Å². The lowest BCUT2D eigenvalue weighted by Gasteiger charge is -2.27. The van der Waals surface area contributed by atoms with Crippen molar-refractivity contribution in [2.24, 2.45) is 5.92 Å². The van der Waals surface area contributed by atoms with Crippen molar-refractivity contribution in [1.82, 2.24) is 0 Å². The normalized spacial score (nSPS) is 31.7. The summed E-state index contributed by atoms with van der Waals surface area (Å²) in [5, 5.41) is 10.5. The van der Waals surface area contributed by atoms with E-state index in [0.717, 1.165) is 25.2 Å². The lowest BCUT2D eigenvalue weighted by molar-refractivity contribution is -0.0730. The Bertz CT molecular complexity index is 191. The summed E-state index contributed by atoms with van der Waals surface area (Å²) in [6.45, 7) is 6.82. The molecule has 16 heavy (non-hydrogen) atoms. The molecule has 0 spiro atoms. The monoisotopic (exact) mass is 228 g/mol. The molecule has 0 aromatic heterocycles. The Morgan fingerprint density at radius 3 is 2.69 bits per heavy atom. The molecule has 1 fully saturated rings. The number of aliphatic hydroxyl groups is 1. The molecule has 0 aromatic carbocycles. The van der Waals surface area contributed by atoms with Gasteiger partial charge < -0.3 is 9.84 Å². The molecule has 1 aliphatic rings. The molecule has 2 nitrogen and oxygen atoms in total. The molecule has 0 radical (unpaired) electrons. The second-order valence-corrected chi connectivity index (χ2v) is 5.67. The van der Waals surface area contributed by atoms with Crippen LogP contribution in [0, 0.1) is 5.92 Å². The molecule has 0 saturated heterocycles. The van der Waals surface area contributed by atoms with Crippen LogP contribution in [0.3, 0.4) is 0 Å². The molecular weight excluding hydrogens is 200 g/mol. The first kappa shape index (κ1) is 14.0. The van der Waals surface area contributed by atoms with Crippen LogP contribution in [0.2, 0.25) is 0 Å². The van der Waals surface area contributed by atoms with Crippen LogP contribution in [0.5, 0.6) is 0 Å². The summed E-state index contributed by atoms with van der Waals surface area (Å²) in [4.78, 5) is 0. The Balaban J connectivity index is 2.38. The minimum atomic E-state index is -0.549. The summed E-state index contributed by atoms with van der Waals surface area (Å²) in [5.41, 5.74) is -0.549. The molecule has 1 N–H and O–H groups in total. The van der Waals surface area contributed by atoms with Gasteiger partial charge in [-0.15, -0.1) is 0 Å². The van der Waals surface area contributed by atoms with E-state index in [-0.39, 0.29) is 6.10 Å². The Morgan fingerprint density at radius 1 is 1.31 bits per heavy atom. The molecule has 2 atom stereocenters. The zero-order valence-electron chi connectivity index (χ0n) is 11.2. The standard InChI is InChI=1S/C14H28O2/c1-4-6-13-7-5-9-14(15,10-8-13)11-16-12(2)3/h12-13,15H,4-11H2,1-3H3. The fourth-order valence-corrected chi connectivity index (χ4v) is 2.62. The maximum absolute atomic E-state index is 10.5. The molecule has 0 amide bonds. The van der Waals surface area contributed by atoms with Gasteiger partial charge in [-0.1, -0.05) is 32.6 Å². The molecule has 0 aliphatic heterocycles. The van der Waals surface area contributed by atoms with Gasteiger partial charge in [0.05, 0.1) is 18.3 Å². The van der Waals surface area contributed by atoms with E-state index in [1.165, 1.54) is 25.7 Å². The number of rotatable bonds is 5. The van der Waals surface area contributed by atoms with E-state index in [9.17, 15) is 5.11 Å². The zero-order valence-corrected chi connectivity index (χ0v) is 11.2. The van der Waals surface area contributed by atoms with Gasteiger partial charge in [-0.05, 0) is 39.0 Å². The minimum Gasteiger partial charge on any atom is -0.387 e. The van der Waals surface area contributed by atoms with Crippen molar-refractivity contribution in [2.75, 3.05) is 6.61 Å².